The van der Waals surface area contributed by atoms with Gasteiger partial charge in [-0.05, 0) is 20.3 Å². The van der Waals surface area contributed by atoms with Gasteiger partial charge in [0.25, 0.3) is 5.56 Å². The molecule has 9 nitrogen and oxygen atoms in total. The maximum atomic E-state index is 12.5. The predicted octanol–water partition coefficient (Wildman–Crippen LogP) is 0.371. The molecule has 0 bridgehead atoms. The van der Waals surface area contributed by atoms with Gasteiger partial charge in [0.2, 0.25) is 5.91 Å². The van der Waals surface area contributed by atoms with Crippen LogP contribution in [-0.4, -0.2) is 45.8 Å². The molecular formula is C15H22N6O3. The van der Waals surface area contributed by atoms with Gasteiger partial charge in [0, 0.05) is 12.4 Å². The molecule has 0 aliphatic carbocycles. The third-order valence-electron chi connectivity index (χ3n) is 3.29. The summed E-state index contributed by atoms with van der Waals surface area (Å²) in [5, 5.41) is 20.1. The number of carbonyl (C=O) groups is 2. The Kier molecular flexibility index (Phi) is 6.97. The normalized spacial score (nSPS) is 11.5. The van der Waals surface area contributed by atoms with Crippen LogP contribution in [0.25, 0.3) is 0 Å². The SMILES string of the molecule is CCC(C(=O)NCC(C)=O)n1ccnc(NCC(=N)C(C)=N)c1=O. The second kappa shape index (κ2) is 8.70. The van der Waals surface area contributed by atoms with E-state index in [1.165, 1.54) is 30.8 Å². The lowest BCUT2D eigenvalue weighted by molar-refractivity contribution is -0.127. The first kappa shape index (κ1) is 19.2. The number of nitrogens with one attached hydrogen (secondary N) is 4. The number of amides is 1. The van der Waals surface area contributed by atoms with Gasteiger partial charge in [-0.25, -0.2) is 4.98 Å². The Balaban J connectivity index is 2.98. The predicted molar refractivity (Wildman–Crippen MR) is 91.1 cm³/mol. The number of ketones is 1. The van der Waals surface area contributed by atoms with Crippen LogP contribution in [-0.2, 0) is 9.59 Å². The lowest BCUT2D eigenvalue weighted by atomic mass is 10.2. The molecule has 4 N–H and O–H groups in total. The molecule has 0 fully saturated rings. The fraction of sp³-hybridized carbons (Fsp3) is 0.467. The van der Waals surface area contributed by atoms with Crippen LogP contribution >= 0.6 is 0 Å². The van der Waals surface area contributed by atoms with Gasteiger partial charge in [-0.3, -0.25) is 19.0 Å². The summed E-state index contributed by atoms with van der Waals surface area (Å²) < 4.78 is 1.24. The molecule has 0 saturated carbocycles. The van der Waals surface area contributed by atoms with E-state index in [2.05, 4.69) is 15.6 Å². The van der Waals surface area contributed by atoms with Gasteiger partial charge in [0.15, 0.2) is 5.82 Å². The van der Waals surface area contributed by atoms with E-state index in [1.54, 1.807) is 6.92 Å². The van der Waals surface area contributed by atoms with Crippen LogP contribution in [0.4, 0.5) is 5.82 Å². The zero-order chi connectivity index (χ0) is 18.3. The number of rotatable bonds is 9. The number of nitrogens with zero attached hydrogens (tertiary/aromatic N) is 2. The van der Waals surface area contributed by atoms with Crippen molar-refractivity contribution in [1.29, 1.82) is 10.8 Å². The molecule has 0 aliphatic rings. The summed E-state index contributed by atoms with van der Waals surface area (Å²) in [6, 6.07) is -0.760. The Morgan fingerprint density at radius 2 is 1.96 bits per heavy atom. The lowest BCUT2D eigenvalue weighted by Gasteiger charge is -2.18. The molecule has 0 spiro atoms. The van der Waals surface area contributed by atoms with Gasteiger partial charge in [-0.15, -0.1) is 0 Å². The molecule has 0 aromatic carbocycles. The number of anilines is 1. The van der Waals surface area contributed by atoms with Crippen molar-refractivity contribution in [3.05, 3.63) is 22.7 Å². The molecule has 1 rings (SSSR count). The fourth-order valence-corrected chi connectivity index (χ4v) is 1.93. The molecule has 24 heavy (non-hydrogen) atoms. The minimum Gasteiger partial charge on any atom is -0.360 e. The number of aromatic nitrogens is 2. The monoisotopic (exact) mass is 334 g/mol. The van der Waals surface area contributed by atoms with Gasteiger partial charge in [0.1, 0.15) is 11.8 Å². The lowest BCUT2D eigenvalue weighted by Crippen LogP contribution is -2.39. The van der Waals surface area contributed by atoms with Crippen molar-refractivity contribution in [2.24, 2.45) is 0 Å². The van der Waals surface area contributed by atoms with Crippen molar-refractivity contribution < 1.29 is 9.59 Å². The molecule has 1 amide bonds. The topological polar surface area (TPSA) is 141 Å². The fourth-order valence-electron chi connectivity index (χ4n) is 1.93. The molecule has 0 aliphatic heterocycles. The second-order valence-electron chi connectivity index (χ2n) is 5.29. The molecule has 1 heterocycles. The van der Waals surface area contributed by atoms with Gasteiger partial charge in [-0.2, -0.15) is 0 Å². The Hall–Kier alpha value is -2.84. The van der Waals surface area contributed by atoms with Crippen LogP contribution in [0.5, 0.6) is 0 Å². The average Bonchev–Trinajstić information content (AvgIpc) is 2.53. The molecule has 1 atom stereocenters. The van der Waals surface area contributed by atoms with Crippen LogP contribution in [0.3, 0.4) is 0 Å². The van der Waals surface area contributed by atoms with Crippen molar-refractivity contribution in [3.63, 3.8) is 0 Å². The maximum absolute atomic E-state index is 12.5. The highest BCUT2D eigenvalue weighted by Gasteiger charge is 2.21. The average molecular weight is 334 g/mol. The second-order valence-corrected chi connectivity index (χ2v) is 5.29. The quantitative estimate of drug-likeness (QED) is 0.483. The van der Waals surface area contributed by atoms with Crippen molar-refractivity contribution in [2.75, 3.05) is 18.4 Å². The highest BCUT2D eigenvalue weighted by atomic mass is 16.2. The number of hydrogen-bond donors (Lipinski definition) is 4. The third kappa shape index (κ3) is 5.11. The summed E-state index contributed by atoms with van der Waals surface area (Å²) >= 11 is 0. The third-order valence-corrected chi connectivity index (χ3v) is 3.29. The molecule has 0 radical (unpaired) electrons. The molecule has 9 heteroatoms. The Morgan fingerprint density at radius 1 is 1.29 bits per heavy atom. The Morgan fingerprint density at radius 3 is 2.50 bits per heavy atom. The van der Waals surface area contributed by atoms with Crippen LogP contribution in [0, 0.1) is 10.8 Å². The highest BCUT2D eigenvalue weighted by molar-refractivity contribution is 6.40. The van der Waals surface area contributed by atoms with E-state index < -0.39 is 17.5 Å². The van der Waals surface area contributed by atoms with Gasteiger partial charge in [-0.1, -0.05) is 6.92 Å². The largest absolute Gasteiger partial charge is 0.360 e. The highest BCUT2D eigenvalue weighted by Crippen LogP contribution is 2.09. The summed E-state index contributed by atoms with van der Waals surface area (Å²) in [6.07, 6.45) is 3.15. The Bertz CT molecular complexity index is 709. The van der Waals surface area contributed by atoms with Crippen LogP contribution in [0.2, 0.25) is 0 Å². The van der Waals surface area contributed by atoms with Crippen LogP contribution < -0.4 is 16.2 Å². The van der Waals surface area contributed by atoms with E-state index in [4.69, 9.17) is 10.8 Å². The van der Waals surface area contributed by atoms with Gasteiger partial charge >= 0.3 is 0 Å². The van der Waals surface area contributed by atoms with Crippen LogP contribution in [0.1, 0.15) is 33.2 Å². The maximum Gasteiger partial charge on any atom is 0.294 e. The minimum absolute atomic E-state index is 0.00122. The zero-order valence-corrected chi connectivity index (χ0v) is 14.0. The Labute approximate surface area is 139 Å². The molecule has 1 aromatic rings. The van der Waals surface area contributed by atoms with Crippen LogP contribution in [0.15, 0.2) is 17.2 Å². The summed E-state index contributed by atoms with van der Waals surface area (Å²) in [7, 11) is 0. The molecule has 1 aromatic heterocycles. The molecule has 0 saturated heterocycles. The van der Waals surface area contributed by atoms with E-state index in [0.717, 1.165) is 0 Å². The van der Waals surface area contributed by atoms with E-state index in [0.29, 0.717) is 6.42 Å². The summed E-state index contributed by atoms with van der Waals surface area (Å²) in [4.78, 5) is 39.5. The number of carbonyl (C=O) groups excluding carboxylic acids is 2. The molecular weight excluding hydrogens is 312 g/mol. The first-order valence-corrected chi connectivity index (χ1v) is 7.49. The van der Waals surface area contributed by atoms with Gasteiger partial charge in [0.05, 0.1) is 24.5 Å². The van der Waals surface area contributed by atoms with Crippen molar-refractivity contribution in [2.45, 2.75) is 33.2 Å². The zero-order valence-electron chi connectivity index (χ0n) is 14.0. The first-order chi connectivity index (χ1) is 11.3. The smallest absolute Gasteiger partial charge is 0.294 e. The van der Waals surface area contributed by atoms with E-state index in [1.807, 2.05) is 0 Å². The van der Waals surface area contributed by atoms with Crippen molar-refractivity contribution in [3.8, 4) is 0 Å². The first-order valence-electron chi connectivity index (χ1n) is 7.49. The van der Waals surface area contributed by atoms with Crippen molar-refractivity contribution in [1.82, 2.24) is 14.9 Å². The number of Topliss-reactive ketones (excluding diaryl/α,β-unsaturated/α-hetero) is 1. The van der Waals surface area contributed by atoms with Crippen molar-refractivity contribution >= 4 is 28.9 Å². The standard InChI is InChI=1S/C15H22N6O3/c1-4-12(14(23)20-7-9(2)22)21-6-5-18-13(15(21)24)19-8-11(17)10(3)16/h5-6,12,16-17H,4,7-8H2,1-3H3,(H,18,19)(H,20,23). The minimum atomic E-state index is -0.760. The van der Waals surface area contributed by atoms with Gasteiger partial charge < -0.3 is 21.5 Å². The number of hydrogen-bond acceptors (Lipinski definition) is 7. The summed E-state index contributed by atoms with van der Waals surface area (Å²) in [5.74, 6) is -0.598. The molecule has 130 valence electrons. The summed E-state index contributed by atoms with van der Waals surface area (Å²) in [6.45, 7) is 4.51. The summed E-state index contributed by atoms with van der Waals surface area (Å²) in [5.41, 5.74) is -0.371. The van der Waals surface area contributed by atoms with E-state index in [-0.39, 0.29) is 36.1 Å². The molecule has 1 unspecified atom stereocenters. The van der Waals surface area contributed by atoms with E-state index >= 15 is 0 Å². The van der Waals surface area contributed by atoms with E-state index in [9.17, 15) is 14.4 Å².